The monoisotopic (exact) mass is 238 g/mol. The molecule has 0 bridgehead atoms. The van der Waals surface area contributed by atoms with Gasteiger partial charge in [0.15, 0.2) is 0 Å². The third-order valence-electron chi connectivity index (χ3n) is 3.97. The topological polar surface area (TPSA) is 61.8 Å². The zero-order valence-electron chi connectivity index (χ0n) is 9.55. The molecule has 92 valence electrons. The van der Waals surface area contributed by atoms with Crippen LogP contribution in [0, 0.1) is 17.8 Å². The van der Waals surface area contributed by atoms with Crippen LogP contribution in [-0.2, 0) is 23.8 Å². The minimum atomic E-state index is -0.430. The summed E-state index contributed by atoms with van der Waals surface area (Å²) in [5.41, 5.74) is 0.431. The van der Waals surface area contributed by atoms with E-state index in [9.17, 15) is 9.59 Å². The molecule has 2 heterocycles. The molecule has 0 aromatic rings. The molecule has 1 saturated heterocycles. The van der Waals surface area contributed by atoms with E-state index in [0.717, 1.165) is 12.8 Å². The smallest absolute Gasteiger partial charge is 0.337 e. The van der Waals surface area contributed by atoms with E-state index < -0.39 is 5.97 Å². The zero-order chi connectivity index (χ0) is 12.0. The molecule has 17 heavy (non-hydrogen) atoms. The number of cyclic esters (lactones) is 1. The molecule has 0 spiro atoms. The van der Waals surface area contributed by atoms with Gasteiger partial charge in [-0.05, 0) is 18.8 Å². The quantitative estimate of drug-likeness (QED) is 0.627. The van der Waals surface area contributed by atoms with E-state index in [-0.39, 0.29) is 29.8 Å². The van der Waals surface area contributed by atoms with Gasteiger partial charge >= 0.3 is 11.9 Å². The minimum Gasteiger partial charge on any atom is -0.466 e. The average Bonchev–Trinajstić information content (AvgIpc) is 2.34. The van der Waals surface area contributed by atoms with E-state index in [1.54, 1.807) is 0 Å². The van der Waals surface area contributed by atoms with Crippen LogP contribution in [0.4, 0.5) is 0 Å². The van der Waals surface area contributed by atoms with Crippen LogP contribution < -0.4 is 0 Å². The van der Waals surface area contributed by atoms with Gasteiger partial charge in [0.25, 0.3) is 0 Å². The molecule has 1 saturated carbocycles. The minimum absolute atomic E-state index is 0.0213. The van der Waals surface area contributed by atoms with Crippen LogP contribution in [-0.4, -0.2) is 31.8 Å². The summed E-state index contributed by atoms with van der Waals surface area (Å²) in [6.45, 7) is 0.702. The molecule has 2 aliphatic heterocycles. The van der Waals surface area contributed by atoms with Gasteiger partial charge < -0.3 is 14.2 Å². The van der Waals surface area contributed by atoms with E-state index in [1.807, 2.05) is 0 Å². The lowest BCUT2D eigenvalue weighted by molar-refractivity contribution is -0.194. The molecule has 2 fully saturated rings. The normalized spacial score (nSPS) is 39.1. The van der Waals surface area contributed by atoms with Gasteiger partial charge in [-0.15, -0.1) is 0 Å². The van der Waals surface area contributed by atoms with Crippen LogP contribution in [0.3, 0.4) is 0 Å². The summed E-state index contributed by atoms with van der Waals surface area (Å²) in [6, 6.07) is 0. The maximum atomic E-state index is 11.7. The van der Waals surface area contributed by atoms with Crippen molar-refractivity contribution in [1.29, 1.82) is 0 Å². The Bertz CT molecular complexity index is 400. The summed E-state index contributed by atoms with van der Waals surface area (Å²) < 4.78 is 15.3. The fourth-order valence-corrected chi connectivity index (χ4v) is 3.18. The second-order valence-electron chi connectivity index (χ2n) is 4.69. The molecular weight excluding hydrogens is 224 g/mol. The Hall–Kier alpha value is -1.36. The molecule has 3 aliphatic rings. The molecule has 5 nitrogen and oxygen atoms in total. The number of rotatable bonds is 1. The Kier molecular flexibility index (Phi) is 2.43. The SMILES string of the molecule is COC(=O)C1=COC(=O)[C@H]2[C@H]3CCCO[C@H]3[C@@H]12. The first-order valence-electron chi connectivity index (χ1n) is 5.84. The number of ether oxygens (including phenoxy) is 3. The maximum absolute atomic E-state index is 11.7. The molecule has 0 unspecified atom stereocenters. The summed E-state index contributed by atoms with van der Waals surface area (Å²) in [5, 5.41) is 0. The Morgan fingerprint density at radius 2 is 2.29 bits per heavy atom. The highest BCUT2D eigenvalue weighted by Crippen LogP contribution is 2.53. The van der Waals surface area contributed by atoms with Crippen LogP contribution in [0.2, 0.25) is 0 Å². The van der Waals surface area contributed by atoms with E-state index in [0.29, 0.717) is 12.2 Å². The van der Waals surface area contributed by atoms with Crippen LogP contribution in [0.5, 0.6) is 0 Å². The van der Waals surface area contributed by atoms with Crippen molar-refractivity contribution in [3.8, 4) is 0 Å². The summed E-state index contributed by atoms with van der Waals surface area (Å²) >= 11 is 0. The molecule has 5 heteroatoms. The van der Waals surface area contributed by atoms with Gasteiger partial charge in [-0.3, -0.25) is 4.79 Å². The highest BCUT2D eigenvalue weighted by molar-refractivity contribution is 5.93. The van der Waals surface area contributed by atoms with Crippen LogP contribution in [0.1, 0.15) is 12.8 Å². The predicted octanol–water partition coefficient (Wildman–Crippen LogP) is 0.641. The number of esters is 2. The lowest BCUT2D eigenvalue weighted by Gasteiger charge is -2.53. The van der Waals surface area contributed by atoms with Crippen LogP contribution in [0.25, 0.3) is 0 Å². The summed E-state index contributed by atoms with van der Waals surface area (Å²) in [4.78, 5) is 23.3. The Labute approximate surface area is 98.7 Å². The Morgan fingerprint density at radius 3 is 3.06 bits per heavy atom. The molecule has 0 N–H and O–H groups in total. The molecule has 4 atom stereocenters. The average molecular weight is 238 g/mol. The van der Waals surface area contributed by atoms with Gasteiger partial charge in [-0.25, -0.2) is 4.79 Å². The molecule has 0 amide bonds. The third kappa shape index (κ3) is 1.42. The summed E-state index contributed by atoms with van der Waals surface area (Å²) in [7, 11) is 1.33. The second kappa shape index (κ2) is 3.84. The van der Waals surface area contributed by atoms with Crippen molar-refractivity contribution < 1.29 is 23.8 Å². The van der Waals surface area contributed by atoms with Crippen LogP contribution >= 0.6 is 0 Å². The van der Waals surface area contributed by atoms with Crippen molar-refractivity contribution in [3.63, 3.8) is 0 Å². The van der Waals surface area contributed by atoms with E-state index in [4.69, 9.17) is 14.2 Å². The van der Waals surface area contributed by atoms with Crippen molar-refractivity contribution in [2.24, 2.45) is 17.8 Å². The largest absolute Gasteiger partial charge is 0.466 e. The second-order valence-corrected chi connectivity index (χ2v) is 4.69. The number of fused-ring (bicyclic) bond motifs is 4. The lowest BCUT2D eigenvalue weighted by Crippen LogP contribution is -2.60. The molecule has 3 rings (SSSR count). The summed E-state index contributed by atoms with van der Waals surface area (Å²) in [6.07, 6.45) is 3.14. The highest BCUT2D eigenvalue weighted by atomic mass is 16.5. The first-order chi connectivity index (χ1) is 8.24. The molecule has 0 aromatic carbocycles. The predicted molar refractivity (Wildman–Crippen MR) is 55.6 cm³/mol. The number of carbonyl (C=O) groups excluding carboxylic acids is 2. The van der Waals surface area contributed by atoms with Gasteiger partial charge in [0.1, 0.15) is 6.26 Å². The first kappa shape index (κ1) is 10.8. The Balaban J connectivity index is 1.89. The molecule has 0 radical (unpaired) electrons. The highest BCUT2D eigenvalue weighted by Gasteiger charge is 2.60. The van der Waals surface area contributed by atoms with E-state index in [2.05, 4.69) is 0 Å². The van der Waals surface area contributed by atoms with Crippen molar-refractivity contribution in [2.45, 2.75) is 18.9 Å². The van der Waals surface area contributed by atoms with Crippen molar-refractivity contribution in [1.82, 2.24) is 0 Å². The standard InChI is InChI=1S/C12H14O5/c1-15-11(13)7-5-17-12(14)9-6-3-2-4-16-10(6)8(7)9/h5-6,8-10H,2-4H2,1H3/t6-,8+,9+,10-/m1/s1. The van der Waals surface area contributed by atoms with Gasteiger partial charge in [0.2, 0.25) is 0 Å². The number of hydrogen-bond donors (Lipinski definition) is 0. The van der Waals surface area contributed by atoms with Crippen molar-refractivity contribution >= 4 is 11.9 Å². The van der Waals surface area contributed by atoms with E-state index in [1.165, 1.54) is 13.4 Å². The first-order valence-corrected chi connectivity index (χ1v) is 5.84. The van der Waals surface area contributed by atoms with Gasteiger partial charge in [0.05, 0.1) is 24.7 Å². The Morgan fingerprint density at radius 1 is 1.47 bits per heavy atom. The number of methoxy groups -OCH3 is 1. The number of carbonyl (C=O) groups is 2. The fraction of sp³-hybridized carbons (Fsp3) is 0.667. The fourth-order valence-electron chi connectivity index (χ4n) is 3.18. The van der Waals surface area contributed by atoms with E-state index >= 15 is 0 Å². The van der Waals surface area contributed by atoms with Crippen molar-refractivity contribution in [3.05, 3.63) is 11.8 Å². The zero-order valence-corrected chi connectivity index (χ0v) is 9.55. The van der Waals surface area contributed by atoms with Crippen LogP contribution in [0.15, 0.2) is 11.8 Å². The lowest BCUT2D eigenvalue weighted by atomic mass is 9.57. The molecule has 0 aromatic heterocycles. The maximum Gasteiger partial charge on any atom is 0.337 e. The van der Waals surface area contributed by atoms with Gasteiger partial charge in [-0.2, -0.15) is 0 Å². The summed E-state index contributed by atoms with van der Waals surface area (Å²) in [5.74, 6) is -0.863. The molecule has 1 aliphatic carbocycles. The van der Waals surface area contributed by atoms with Gasteiger partial charge in [-0.1, -0.05) is 0 Å². The van der Waals surface area contributed by atoms with Gasteiger partial charge in [0, 0.05) is 12.5 Å². The van der Waals surface area contributed by atoms with Crippen molar-refractivity contribution in [2.75, 3.05) is 13.7 Å². The third-order valence-corrected chi connectivity index (χ3v) is 3.97. The molecular formula is C12H14O5. The number of hydrogen-bond acceptors (Lipinski definition) is 5.